The molecule has 9 heteroatoms. The molecule has 0 spiro atoms. The number of rotatable bonds is 7. The average Bonchev–Trinajstić information content (AvgIpc) is 2.90. The number of ether oxygens (including phenoxy) is 1. The second kappa shape index (κ2) is 11.9. The van der Waals surface area contributed by atoms with Crippen LogP contribution in [-0.4, -0.2) is 30.9 Å². The van der Waals surface area contributed by atoms with Gasteiger partial charge in [-0.15, -0.1) is 0 Å². The fourth-order valence-corrected chi connectivity index (χ4v) is 4.10. The van der Waals surface area contributed by atoms with E-state index in [4.69, 9.17) is 10.5 Å². The molecule has 3 aromatic carbocycles. The van der Waals surface area contributed by atoms with Crippen LogP contribution in [0.1, 0.15) is 34.3 Å². The molecule has 0 radical (unpaired) electrons. The number of nitrogens with two attached hydrogens (primary N) is 1. The molecule has 1 amide bonds. The molecule has 1 aliphatic rings. The lowest BCUT2D eigenvalue weighted by Crippen LogP contribution is -2.39. The van der Waals surface area contributed by atoms with E-state index in [2.05, 4.69) is 5.32 Å². The maximum Gasteiger partial charge on any atom is 0.251 e. The van der Waals surface area contributed by atoms with Gasteiger partial charge in [-0.25, -0.2) is 17.6 Å². The Bertz CT molecular complexity index is 1340. The highest BCUT2D eigenvalue weighted by molar-refractivity contribution is 6.14. The van der Waals surface area contributed by atoms with Crippen molar-refractivity contribution in [3.63, 3.8) is 0 Å². The van der Waals surface area contributed by atoms with Crippen LogP contribution in [-0.2, 0) is 4.79 Å². The van der Waals surface area contributed by atoms with Gasteiger partial charge in [0.2, 0.25) is 0 Å². The monoisotopic (exact) mass is 524 g/mol. The molecular formula is C29H24F4N2O3. The van der Waals surface area contributed by atoms with Crippen molar-refractivity contribution in [2.24, 2.45) is 5.73 Å². The zero-order valence-electron chi connectivity index (χ0n) is 20.1. The molecule has 196 valence electrons. The molecule has 1 saturated carbocycles. The largest absolute Gasteiger partial charge is 0.492 e. The standard InChI is InChI=1S/C29H24F4N2O3/c30-24-7-1-17(13-26(24)32)11-20-15-22(35-29(37)19-3-5-23(6-4-19)38-10-9-34)16-21(28(20)36)12-18-2-8-25(31)27(33)14-18/h1-8,11-14,22H,9-10,15-16,34H2,(H,35,37)/b20-11+,21-12+. The third-order valence-electron chi connectivity index (χ3n) is 5.92. The molecule has 0 atom stereocenters. The third-order valence-corrected chi connectivity index (χ3v) is 5.92. The molecule has 0 heterocycles. The van der Waals surface area contributed by atoms with Crippen LogP contribution in [0, 0.1) is 23.3 Å². The summed E-state index contributed by atoms with van der Waals surface area (Å²) in [5.41, 5.74) is 6.80. The number of ketones is 1. The van der Waals surface area contributed by atoms with E-state index in [-0.39, 0.29) is 35.1 Å². The summed E-state index contributed by atoms with van der Waals surface area (Å²) in [6, 6.07) is 12.4. The number of hydrogen-bond donors (Lipinski definition) is 2. The molecule has 0 aliphatic heterocycles. The lowest BCUT2D eigenvalue weighted by Gasteiger charge is -2.27. The third kappa shape index (κ3) is 6.54. The Kier molecular flexibility index (Phi) is 8.38. The summed E-state index contributed by atoms with van der Waals surface area (Å²) < 4.78 is 59.7. The van der Waals surface area contributed by atoms with Crippen molar-refractivity contribution < 1.29 is 31.9 Å². The van der Waals surface area contributed by atoms with Crippen molar-refractivity contribution in [3.8, 4) is 5.75 Å². The molecule has 3 aromatic rings. The molecule has 3 N–H and O–H groups in total. The lowest BCUT2D eigenvalue weighted by atomic mass is 9.83. The van der Waals surface area contributed by atoms with Crippen molar-refractivity contribution in [2.45, 2.75) is 18.9 Å². The molecule has 4 rings (SSSR count). The Morgan fingerprint density at radius 3 is 1.84 bits per heavy atom. The number of hydrogen-bond acceptors (Lipinski definition) is 4. The predicted octanol–water partition coefficient (Wildman–Crippen LogP) is 5.21. The molecule has 1 aliphatic carbocycles. The number of benzene rings is 3. The maximum atomic E-state index is 13.8. The van der Waals surface area contributed by atoms with Gasteiger partial charge in [0.05, 0.1) is 0 Å². The SMILES string of the molecule is NCCOc1ccc(C(=O)NC2C/C(=C\c3ccc(F)c(F)c3)C(=O)/C(=C/c3ccc(F)c(F)c3)C2)cc1. The van der Waals surface area contributed by atoms with E-state index in [0.29, 0.717) is 24.5 Å². The van der Waals surface area contributed by atoms with Gasteiger partial charge in [-0.3, -0.25) is 9.59 Å². The van der Waals surface area contributed by atoms with Gasteiger partial charge < -0.3 is 15.8 Å². The number of Topliss-reactive ketones (excluding diaryl/α,β-unsaturated/α-hetero) is 1. The Labute approximate surface area is 216 Å². The van der Waals surface area contributed by atoms with E-state index in [9.17, 15) is 27.2 Å². The van der Waals surface area contributed by atoms with Gasteiger partial charge in [0.25, 0.3) is 5.91 Å². The van der Waals surface area contributed by atoms with Gasteiger partial charge in [-0.05, 0) is 84.7 Å². The molecule has 38 heavy (non-hydrogen) atoms. The lowest BCUT2D eigenvalue weighted by molar-refractivity contribution is -0.113. The summed E-state index contributed by atoms with van der Waals surface area (Å²) in [4.78, 5) is 26.2. The molecule has 0 bridgehead atoms. The average molecular weight is 525 g/mol. The minimum absolute atomic E-state index is 0.121. The quantitative estimate of drug-likeness (QED) is 0.329. The van der Waals surface area contributed by atoms with E-state index < -0.39 is 41.0 Å². The predicted molar refractivity (Wildman–Crippen MR) is 135 cm³/mol. The first kappa shape index (κ1) is 26.8. The van der Waals surface area contributed by atoms with Gasteiger partial charge in [0.15, 0.2) is 29.1 Å². The van der Waals surface area contributed by atoms with Gasteiger partial charge in [-0.2, -0.15) is 0 Å². The maximum absolute atomic E-state index is 13.8. The van der Waals surface area contributed by atoms with Crippen molar-refractivity contribution in [2.75, 3.05) is 13.2 Å². The highest BCUT2D eigenvalue weighted by Crippen LogP contribution is 2.29. The van der Waals surface area contributed by atoms with Crippen molar-refractivity contribution in [1.29, 1.82) is 0 Å². The van der Waals surface area contributed by atoms with Gasteiger partial charge >= 0.3 is 0 Å². The Morgan fingerprint density at radius 2 is 1.37 bits per heavy atom. The summed E-state index contributed by atoms with van der Waals surface area (Å²) in [7, 11) is 0. The van der Waals surface area contributed by atoms with Crippen LogP contribution in [0.2, 0.25) is 0 Å². The van der Waals surface area contributed by atoms with E-state index in [1.165, 1.54) is 24.3 Å². The first-order chi connectivity index (χ1) is 18.2. The number of carbonyl (C=O) groups excluding carboxylic acids is 2. The molecule has 0 unspecified atom stereocenters. The Morgan fingerprint density at radius 1 is 0.842 bits per heavy atom. The molecule has 0 saturated heterocycles. The van der Waals surface area contributed by atoms with E-state index in [1.54, 1.807) is 24.3 Å². The van der Waals surface area contributed by atoms with E-state index in [0.717, 1.165) is 24.3 Å². The summed E-state index contributed by atoms with van der Waals surface area (Å²) in [5.74, 6) is -4.41. The van der Waals surface area contributed by atoms with E-state index >= 15 is 0 Å². The smallest absolute Gasteiger partial charge is 0.251 e. The van der Waals surface area contributed by atoms with Crippen molar-refractivity contribution >= 4 is 23.8 Å². The van der Waals surface area contributed by atoms with Crippen LogP contribution in [0.4, 0.5) is 17.6 Å². The van der Waals surface area contributed by atoms with Crippen LogP contribution in [0.25, 0.3) is 12.2 Å². The first-order valence-corrected chi connectivity index (χ1v) is 11.8. The van der Waals surface area contributed by atoms with Crippen LogP contribution in [0.3, 0.4) is 0 Å². The fourth-order valence-electron chi connectivity index (χ4n) is 4.10. The molecular weight excluding hydrogens is 500 g/mol. The zero-order valence-corrected chi connectivity index (χ0v) is 20.1. The highest BCUT2D eigenvalue weighted by atomic mass is 19.2. The second-order valence-corrected chi connectivity index (χ2v) is 8.76. The minimum Gasteiger partial charge on any atom is -0.492 e. The normalized spacial score (nSPS) is 17.6. The number of halogens is 4. The zero-order chi connectivity index (χ0) is 27.2. The van der Waals surface area contributed by atoms with Gasteiger partial charge in [0, 0.05) is 29.3 Å². The molecule has 0 aromatic heterocycles. The van der Waals surface area contributed by atoms with Gasteiger partial charge in [-0.1, -0.05) is 12.1 Å². The Balaban J connectivity index is 1.62. The topological polar surface area (TPSA) is 81.4 Å². The second-order valence-electron chi connectivity index (χ2n) is 8.76. The number of carbonyl (C=O) groups is 2. The summed E-state index contributed by atoms with van der Waals surface area (Å²) in [6.45, 7) is 0.686. The van der Waals surface area contributed by atoms with Gasteiger partial charge in [0.1, 0.15) is 12.4 Å². The Hall–Kier alpha value is -4.24. The summed E-state index contributed by atoms with van der Waals surface area (Å²) in [5, 5.41) is 2.89. The molecule has 1 fully saturated rings. The molecule has 5 nitrogen and oxygen atoms in total. The first-order valence-electron chi connectivity index (χ1n) is 11.8. The summed E-state index contributed by atoms with van der Waals surface area (Å²) in [6.07, 6.45) is 3.09. The van der Waals surface area contributed by atoms with Crippen molar-refractivity contribution in [1.82, 2.24) is 5.32 Å². The van der Waals surface area contributed by atoms with Crippen LogP contribution < -0.4 is 15.8 Å². The van der Waals surface area contributed by atoms with Crippen LogP contribution >= 0.6 is 0 Å². The summed E-state index contributed by atoms with van der Waals surface area (Å²) >= 11 is 0. The van der Waals surface area contributed by atoms with Crippen LogP contribution in [0.15, 0.2) is 71.8 Å². The highest BCUT2D eigenvalue weighted by Gasteiger charge is 2.29. The fraction of sp³-hybridized carbons (Fsp3) is 0.172. The minimum atomic E-state index is -1.07. The van der Waals surface area contributed by atoms with E-state index in [1.807, 2.05) is 0 Å². The van der Waals surface area contributed by atoms with Crippen molar-refractivity contribution in [3.05, 3.63) is 112 Å². The number of nitrogens with one attached hydrogen (secondary N) is 1. The van der Waals surface area contributed by atoms with Crippen LogP contribution in [0.5, 0.6) is 5.75 Å². The number of amides is 1.